The lowest BCUT2D eigenvalue weighted by Crippen LogP contribution is -2.28. The van der Waals surface area contributed by atoms with Crippen LogP contribution in [0.1, 0.15) is 47.2 Å². The van der Waals surface area contributed by atoms with Gasteiger partial charge in [-0.1, -0.05) is 232 Å². The van der Waals surface area contributed by atoms with Crippen molar-refractivity contribution in [3.8, 4) is 100 Å². The van der Waals surface area contributed by atoms with Crippen molar-refractivity contribution in [1.82, 2.24) is 0 Å². The van der Waals surface area contributed by atoms with Gasteiger partial charge in [0, 0.05) is 0 Å². The van der Waals surface area contributed by atoms with Gasteiger partial charge in [0.05, 0.1) is 5.41 Å². The molecule has 0 atom stereocenters. The second-order valence-corrected chi connectivity index (χ2v) is 20.4. The molecule has 0 nitrogen and oxygen atoms in total. The fourth-order valence-electron chi connectivity index (χ4n) is 13.4. The zero-order valence-corrected chi connectivity index (χ0v) is 41.0. The van der Waals surface area contributed by atoms with Crippen LogP contribution in [0.2, 0.25) is 0 Å². The van der Waals surface area contributed by atoms with E-state index in [9.17, 15) is 0 Å². The molecule has 3 aliphatic rings. The highest BCUT2D eigenvalue weighted by Gasteiger charge is 2.47. The van der Waals surface area contributed by atoms with Crippen molar-refractivity contribution >= 4 is 21.5 Å². The fraction of sp³-hybridized carbons (Fsp3) is 0.0685. The summed E-state index contributed by atoms with van der Waals surface area (Å²) in [5, 5.41) is 5.53. The Bertz CT molecular complexity index is 3950. The van der Waals surface area contributed by atoms with Crippen LogP contribution in [0.15, 0.2) is 243 Å². The molecule has 73 heavy (non-hydrogen) atoms. The Morgan fingerprint density at radius 2 is 0.589 bits per heavy atom. The first-order valence-corrected chi connectivity index (χ1v) is 26.1. The molecule has 0 bridgehead atoms. The van der Waals surface area contributed by atoms with Gasteiger partial charge in [0.25, 0.3) is 0 Å². The van der Waals surface area contributed by atoms with Crippen LogP contribution in [-0.4, -0.2) is 0 Å². The summed E-state index contributed by atoms with van der Waals surface area (Å²) < 4.78 is 0. The lowest BCUT2D eigenvalue weighted by molar-refractivity contribution is 0.769. The van der Waals surface area contributed by atoms with Gasteiger partial charge in [-0.2, -0.15) is 0 Å². The predicted octanol–water partition coefficient (Wildman–Crippen LogP) is 19.4. The van der Waals surface area contributed by atoms with Crippen molar-refractivity contribution < 1.29 is 0 Å². The van der Waals surface area contributed by atoms with Crippen LogP contribution in [-0.2, 0) is 18.3 Å². The van der Waals surface area contributed by atoms with E-state index in [0.717, 1.165) is 12.8 Å². The third-order valence-corrected chi connectivity index (χ3v) is 16.9. The average molecular weight is 927 g/mol. The Kier molecular flexibility index (Phi) is 9.23. The van der Waals surface area contributed by atoms with Gasteiger partial charge >= 0.3 is 0 Å². The van der Waals surface area contributed by atoms with Crippen LogP contribution >= 0.6 is 0 Å². The maximum Gasteiger partial charge on any atom is 0.0714 e. The van der Waals surface area contributed by atoms with E-state index in [2.05, 4.69) is 257 Å². The van der Waals surface area contributed by atoms with Crippen LogP contribution in [0.5, 0.6) is 0 Å². The van der Waals surface area contributed by atoms with E-state index in [-0.39, 0.29) is 0 Å². The monoisotopic (exact) mass is 926 g/mol. The summed E-state index contributed by atoms with van der Waals surface area (Å²) in [6.45, 7) is 4.53. The minimum absolute atomic E-state index is 0.647. The van der Waals surface area contributed by atoms with Crippen molar-refractivity contribution in [3.05, 3.63) is 276 Å². The maximum atomic E-state index is 2.53. The van der Waals surface area contributed by atoms with Crippen molar-refractivity contribution in [3.63, 3.8) is 0 Å². The lowest BCUT2D eigenvalue weighted by atomic mass is 9.66. The number of hydrogen-bond donors (Lipinski definition) is 0. The largest absolute Gasteiger partial charge is 0.0714 e. The highest BCUT2D eigenvalue weighted by Crippen LogP contribution is 2.59. The summed E-state index contributed by atoms with van der Waals surface area (Å²) in [7, 11) is 0. The Morgan fingerprint density at radius 1 is 0.247 bits per heavy atom. The van der Waals surface area contributed by atoms with Gasteiger partial charge in [-0.25, -0.2) is 0 Å². The molecule has 12 aromatic rings. The van der Waals surface area contributed by atoms with Crippen LogP contribution in [0.4, 0.5) is 0 Å². The molecule has 3 aliphatic carbocycles. The van der Waals surface area contributed by atoms with Gasteiger partial charge in [0.15, 0.2) is 0 Å². The standard InChI is InChI=1S/C73H50/c1-3-45-25-39-65-59-35-27-51(41-67(59)63-19-11-17-57(45)71(63)65)53-29-37-61-62-38-30-54(52-28-36-60-66-40-26-46(4-2)58-18-12-20-64(72(58)66)68(60)42-52)44-70(62)73(69(61)43-53,55-31-21-49(22-32-55)47-13-7-5-8-14-47)56-33-23-50(24-34-56)48-15-9-6-10-16-48/h5-44H,3-4H2,1-2H3. The molecule has 15 rings (SSSR count). The van der Waals surface area contributed by atoms with Gasteiger partial charge in [0.2, 0.25) is 0 Å². The number of rotatable bonds is 8. The molecule has 12 aromatic carbocycles. The SMILES string of the molecule is CCc1ccc2c3c(cccc13)-c1cc(-c3ccc4c(c3)C(c3ccc(-c5ccccc5)cc3)(c3ccc(-c5ccccc5)cc3)c3cc(-c5ccc6c(c5)-c5cccc7c(CC)ccc-6c57)ccc3-4)ccc1-2. The molecule has 0 heteroatoms. The number of hydrogen-bond acceptors (Lipinski definition) is 0. The molecule has 0 heterocycles. The zero-order valence-electron chi connectivity index (χ0n) is 41.0. The molecule has 0 saturated heterocycles. The Labute approximate surface area is 427 Å². The Balaban J connectivity index is 0.951. The average Bonchev–Trinajstić information content (AvgIpc) is 4.08. The maximum absolute atomic E-state index is 2.53. The summed E-state index contributed by atoms with van der Waals surface area (Å²) in [4.78, 5) is 0. The van der Waals surface area contributed by atoms with E-state index in [1.807, 2.05) is 0 Å². The predicted molar refractivity (Wildman–Crippen MR) is 308 cm³/mol. The van der Waals surface area contributed by atoms with Crippen molar-refractivity contribution in [2.75, 3.05) is 0 Å². The zero-order chi connectivity index (χ0) is 48.4. The van der Waals surface area contributed by atoms with Crippen LogP contribution in [0.3, 0.4) is 0 Å². The molecule has 0 fully saturated rings. The van der Waals surface area contributed by atoms with E-state index in [4.69, 9.17) is 0 Å². The highest BCUT2D eigenvalue weighted by atomic mass is 14.5. The normalized spacial score (nSPS) is 13.0. The number of fused-ring (bicyclic) bond motifs is 9. The van der Waals surface area contributed by atoms with E-state index in [1.54, 1.807) is 0 Å². The Morgan fingerprint density at radius 3 is 1.00 bits per heavy atom. The summed E-state index contributed by atoms with van der Waals surface area (Å²) >= 11 is 0. The quantitative estimate of drug-likeness (QED) is 0.142. The van der Waals surface area contributed by atoms with Gasteiger partial charge < -0.3 is 0 Å². The molecule has 0 aromatic heterocycles. The molecular weight excluding hydrogens is 877 g/mol. The highest BCUT2D eigenvalue weighted by molar-refractivity contribution is 6.18. The molecule has 0 saturated carbocycles. The second kappa shape index (κ2) is 16.1. The first-order valence-electron chi connectivity index (χ1n) is 26.1. The summed E-state index contributed by atoms with van der Waals surface area (Å²) in [6.07, 6.45) is 2.04. The summed E-state index contributed by atoms with van der Waals surface area (Å²) in [6, 6.07) is 92.6. The summed E-state index contributed by atoms with van der Waals surface area (Å²) in [5.74, 6) is 0. The van der Waals surface area contributed by atoms with Gasteiger partial charge in [0.1, 0.15) is 0 Å². The molecule has 342 valence electrons. The smallest absolute Gasteiger partial charge is 0.0622 e. The molecular formula is C73H50. The van der Waals surface area contributed by atoms with Crippen molar-refractivity contribution in [2.24, 2.45) is 0 Å². The van der Waals surface area contributed by atoms with Gasteiger partial charge in [-0.3, -0.25) is 0 Å². The minimum Gasteiger partial charge on any atom is -0.0622 e. The topological polar surface area (TPSA) is 0 Å². The molecule has 0 N–H and O–H groups in total. The lowest BCUT2D eigenvalue weighted by Gasteiger charge is -2.34. The first-order chi connectivity index (χ1) is 36.1. The van der Waals surface area contributed by atoms with Crippen molar-refractivity contribution in [2.45, 2.75) is 32.1 Å². The van der Waals surface area contributed by atoms with Crippen molar-refractivity contribution in [1.29, 1.82) is 0 Å². The molecule has 0 aliphatic heterocycles. The number of aryl methyl sites for hydroxylation is 2. The molecule has 0 amide bonds. The van der Waals surface area contributed by atoms with E-state index >= 15 is 0 Å². The van der Waals surface area contributed by atoms with Crippen LogP contribution in [0, 0.1) is 0 Å². The third kappa shape index (κ3) is 6.08. The van der Waals surface area contributed by atoms with Crippen LogP contribution in [0.25, 0.3) is 122 Å². The van der Waals surface area contributed by atoms with Gasteiger partial charge in [-0.05, 0) is 192 Å². The van der Waals surface area contributed by atoms with E-state index < -0.39 is 5.41 Å². The first kappa shape index (κ1) is 41.9. The Hall–Kier alpha value is -8.84. The second-order valence-electron chi connectivity index (χ2n) is 20.4. The molecule has 0 spiro atoms. The molecule has 0 radical (unpaired) electrons. The molecule has 0 unspecified atom stereocenters. The van der Waals surface area contributed by atoms with E-state index in [1.165, 1.54) is 155 Å². The van der Waals surface area contributed by atoms with E-state index in [0.29, 0.717) is 0 Å². The van der Waals surface area contributed by atoms with Gasteiger partial charge in [-0.15, -0.1) is 0 Å². The fourth-order valence-corrected chi connectivity index (χ4v) is 13.4. The minimum atomic E-state index is -0.647. The third-order valence-electron chi connectivity index (χ3n) is 16.9. The summed E-state index contributed by atoms with van der Waals surface area (Å²) in [5.41, 5.74) is 30.2. The van der Waals surface area contributed by atoms with Crippen LogP contribution < -0.4 is 0 Å². The number of benzene rings is 12.